The highest BCUT2D eigenvalue weighted by atomic mass is 32.2. The molecule has 1 heterocycles. The summed E-state index contributed by atoms with van der Waals surface area (Å²) < 4.78 is 33.8. The number of aryl methyl sites for hydroxylation is 2. The van der Waals surface area contributed by atoms with E-state index in [0.29, 0.717) is 22.2 Å². The van der Waals surface area contributed by atoms with E-state index in [1.54, 1.807) is 30.3 Å². The highest BCUT2D eigenvalue weighted by Gasteiger charge is 2.22. The molecule has 0 saturated heterocycles. The number of nitrogens with zero attached hydrogens (tertiary/aromatic N) is 1. The molecule has 0 fully saturated rings. The van der Waals surface area contributed by atoms with Crippen molar-refractivity contribution in [3.63, 3.8) is 0 Å². The Hall–Kier alpha value is -2.80. The molecular weight excluding hydrogens is 414 g/mol. The van der Waals surface area contributed by atoms with E-state index < -0.39 is 16.0 Å². The fourth-order valence-corrected chi connectivity index (χ4v) is 4.94. The van der Waals surface area contributed by atoms with Gasteiger partial charge in [-0.05, 0) is 74.6 Å². The molecule has 0 aliphatic rings. The maximum absolute atomic E-state index is 13.4. The molecule has 0 radical (unpaired) electrons. The van der Waals surface area contributed by atoms with E-state index in [1.165, 1.54) is 10.2 Å². The van der Waals surface area contributed by atoms with Crippen LogP contribution in [0.4, 0.5) is 0 Å². The zero-order valence-corrected chi connectivity index (χ0v) is 19.0. The lowest BCUT2D eigenvalue weighted by atomic mass is 10.1. The fraction of sp³-hybridized carbons (Fsp3) is 0.375. The SMILES string of the molecule is CCCCc1ccc(S(=O)(=O)n2cc(CCC(=O)O)c3cc(OC(C)C)ccc32)cc1. The molecule has 0 atom stereocenters. The fourth-order valence-electron chi connectivity index (χ4n) is 3.55. The van der Waals surface area contributed by atoms with Gasteiger partial charge in [-0.25, -0.2) is 12.4 Å². The summed E-state index contributed by atoms with van der Waals surface area (Å²) in [5.74, 6) is -0.310. The zero-order valence-electron chi connectivity index (χ0n) is 18.2. The molecule has 7 heteroatoms. The molecule has 0 spiro atoms. The Kier molecular flexibility index (Phi) is 7.05. The monoisotopic (exact) mass is 443 g/mol. The molecule has 0 aliphatic carbocycles. The average molecular weight is 444 g/mol. The predicted octanol–water partition coefficient (Wildman–Crippen LogP) is 5.03. The third-order valence-corrected chi connectivity index (χ3v) is 6.79. The van der Waals surface area contributed by atoms with Gasteiger partial charge < -0.3 is 9.84 Å². The molecule has 0 bridgehead atoms. The van der Waals surface area contributed by atoms with Gasteiger partial charge in [-0.3, -0.25) is 4.79 Å². The number of carboxylic acid groups (broad SMARTS) is 1. The summed E-state index contributed by atoms with van der Waals surface area (Å²) in [4.78, 5) is 11.3. The van der Waals surface area contributed by atoms with Gasteiger partial charge in [0.25, 0.3) is 10.0 Å². The molecule has 2 aromatic carbocycles. The molecule has 166 valence electrons. The van der Waals surface area contributed by atoms with Crippen LogP contribution in [0, 0.1) is 0 Å². The average Bonchev–Trinajstić information content (AvgIpc) is 3.09. The van der Waals surface area contributed by atoms with Gasteiger partial charge in [0.2, 0.25) is 0 Å². The topological polar surface area (TPSA) is 85.6 Å². The van der Waals surface area contributed by atoms with Crippen LogP contribution < -0.4 is 4.74 Å². The Labute approximate surface area is 183 Å². The van der Waals surface area contributed by atoms with Crippen LogP contribution in [0.15, 0.2) is 53.6 Å². The Morgan fingerprint density at radius 1 is 1.10 bits per heavy atom. The Morgan fingerprint density at radius 3 is 2.42 bits per heavy atom. The van der Waals surface area contributed by atoms with Gasteiger partial charge in [0.15, 0.2) is 0 Å². The van der Waals surface area contributed by atoms with Crippen molar-refractivity contribution in [3.8, 4) is 5.75 Å². The van der Waals surface area contributed by atoms with Crippen molar-refractivity contribution in [2.75, 3.05) is 0 Å². The summed E-state index contributed by atoms with van der Waals surface area (Å²) in [7, 11) is -3.83. The molecule has 1 aromatic heterocycles. The number of unbranched alkanes of at least 4 members (excludes halogenated alkanes) is 1. The molecule has 6 nitrogen and oxygen atoms in total. The van der Waals surface area contributed by atoms with Crippen molar-refractivity contribution >= 4 is 26.9 Å². The minimum atomic E-state index is -3.83. The lowest BCUT2D eigenvalue weighted by Gasteiger charge is -2.11. The summed E-state index contributed by atoms with van der Waals surface area (Å²) in [5, 5.41) is 9.79. The van der Waals surface area contributed by atoms with Crippen molar-refractivity contribution in [3.05, 3.63) is 59.8 Å². The number of carbonyl (C=O) groups is 1. The van der Waals surface area contributed by atoms with E-state index in [9.17, 15) is 13.2 Å². The Balaban J connectivity index is 2.06. The van der Waals surface area contributed by atoms with Crippen LogP contribution in [-0.2, 0) is 27.7 Å². The van der Waals surface area contributed by atoms with Gasteiger partial charge in [-0.1, -0.05) is 25.5 Å². The number of benzene rings is 2. The largest absolute Gasteiger partial charge is 0.491 e. The van der Waals surface area contributed by atoms with Gasteiger partial charge >= 0.3 is 5.97 Å². The molecule has 0 aliphatic heterocycles. The van der Waals surface area contributed by atoms with E-state index in [4.69, 9.17) is 9.84 Å². The lowest BCUT2D eigenvalue weighted by Crippen LogP contribution is -2.12. The summed E-state index contributed by atoms with van der Waals surface area (Å²) in [6.07, 6.45) is 4.71. The first-order valence-electron chi connectivity index (χ1n) is 10.6. The third kappa shape index (κ3) is 5.28. The second kappa shape index (κ2) is 9.56. The van der Waals surface area contributed by atoms with Gasteiger partial charge in [0, 0.05) is 18.0 Å². The van der Waals surface area contributed by atoms with E-state index in [1.807, 2.05) is 26.0 Å². The van der Waals surface area contributed by atoms with Crippen molar-refractivity contribution in [2.45, 2.75) is 63.9 Å². The smallest absolute Gasteiger partial charge is 0.303 e. The first-order valence-corrected chi connectivity index (χ1v) is 12.0. The van der Waals surface area contributed by atoms with Crippen LogP contribution in [-0.4, -0.2) is 29.6 Å². The zero-order chi connectivity index (χ0) is 22.6. The number of carboxylic acids is 1. The van der Waals surface area contributed by atoms with Crippen molar-refractivity contribution in [1.82, 2.24) is 3.97 Å². The van der Waals surface area contributed by atoms with Crippen molar-refractivity contribution in [1.29, 1.82) is 0 Å². The van der Waals surface area contributed by atoms with Crippen LogP contribution in [0.1, 0.15) is 51.2 Å². The van der Waals surface area contributed by atoms with Crippen LogP contribution in [0.25, 0.3) is 10.9 Å². The molecule has 0 saturated carbocycles. The third-order valence-electron chi connectivity index (χ3n) is 5.10. The highest BCUT2D eigenvalue weighted by Crippen LogP contribution is 2.30. The maximum atomic E-state index is 13.4. The number of aliphatic carboxylic acids is 1. The number of aromatic nitrogens is 1. The van der Waals surface area contributed by atoms with E-state index in [-0.39, 0.29) is 23.8 Å². The molecular formula is C24H29NO5S. The number of hydrogen-bond donors (Lipinski definition) is 1. The molecule has 1 N–H and O–H groups in total. The minimum Gasteiger partial charge on any atom is -0.491 e. The first-order chi connectivity index (χ1) is 14.7. The summed E-state index contributed by atoms with van der Waals surface area (Å²) >= 11 is 0. The minimum absolute atomic E-state index is 0.0306. The van der Waals surface area contributed by atoms with Crippen LogP contribution in [0.5, 0.6) is 5.75 Å². The maximum Gasteiger partial charge on any atom is 0.303 e. The van der Waals surface area contributed by atoms with Crippen LogP contribution in [0.2, 0.25) is 0 Å². The molecule has 0 unspecified atom stereocenters. The number of ether oxygens (including phenoxy) is 1. The quantitative estimate of drug-likeness (QED) is 0.475. The number of hydrogen-bond acceptors (Lipinski definition) is 4. The van der Waals surface area contributed by atoms with Crippen molar-refractivity contribution in [2.24, 2.45) is 0 Å². The lowest BCUT2D eigenvalue weighted by molar-refractivity contribution is -0.136. The predicted molar refractivity (Wildman–Crippen MR) is 121 cm³/mol. The summed E-state index contributed by atoms with van der Waals surface area (Å²) in [6, 6.07) is 12.2. The molecule has 31 heavy (non-hydrogen) atoms. The van der Waals surface area contributed by atoms with Crippen LogP contribution >= 0.6 is 0 Å². The molecule has 3 rings (SSSR count). The summed E-state index contributed by atoms with van der Waals surface area (Å²) in [6.45, 7) is 5.94. The number of rotatable bonds is 10. The normalized spacial score (nSPS) is 11.9. The summed E-state index contributed by atoms with van der Waals surface area (Å²) in [5.41, 5.74) is 2.28. The highest BCUT2D eigenvalue weighted by molar-refractivity contribution is 7.90. The van der Waals surface area contributed by atoms with E-state index >= 15 is 0 Å². The number of fused-ring (bicyclic) bond motifs is 1. The van der Waals surface area contributed by atoms with Crippen molar-refractivity contribution < 1.29 is 23.1 Å². The standard InChI is InChI=1S/C24H29NO5S/c1-4-5-6-18-7-11-21(12-8-18)31(28,29)25-16-19(9-14-24(26)27)22-15-20(30-17(2)3)10-13-23(22)25/h7-8,10-13,15-17H,4-6,9,14H2,1-3H3,(H,26,27). The second-order valence-electron chi connectivity index (χ2n) is 7.94. The van der Waals surface area contributed by atoms with Gasteiger partial charge in [-0.2, -0.15) is 0 Å². The van der Waals surface area contributed by atoms with E-state index in [0.717, 1.165) is 24.8 Å². The Bertz CT molecular complexity index is 1160. The van der Waals surface area contributed by atoms with Gasteiger partial charge in [-0.15, -0.1) is 0 Å². The molecule has 0 amide bonds. The molecule has 3 aromatic rings. The second-order valence-corrected chi connectivity index (χ2v) is 9.76. The Morgan fingerprint density at radius 2 is 1.81 bits per heavy atom. The van der Waals surface area contributed by atoms with Gasteiger partial charge in [0.05, 0.1) is 16.5 Å². The van der Waals surface area contributed by atoms with E-state index in [2.05, 4.69) is 6.92 Å². The van der Waals surface area contributed by atoms with Gasteiger partial charge in [0.1, 0.15) is 5.75 Å². The van der Waals surface area contributed by atoms with Crippen LogP contribution in [0.3, 0.4) is 0 Å². The first kappa shape index (κ1) is 22.9.